The molecule has 17 heavy (non-hydrogen) atoms. The number of ether oxygens (including phenoxy) is 1. The van der Waals surface area contributed by atoms with Crippen molar-refractivity contribution in [2.24, 2.45) is 0 Å². The van der Waals surface area contributed by atoms with Crippen LogP contribution < -0.4 is 10.5 Å². The van der Waals surface area contributed by atoms with Crippen molar-refractivity contribution < 1.29 is 13.5 Å². The number of rotatable bonds is 4. The Bertz CT molecular complexity index is 493. The molecular formula is C11H11F2N3O. The molecule has 0 unspecified atom stereocenters. The van der Waals surface area contributed by atoms with E-state index in [1.165, 1.54) is 6.20 Å². The van der Waals surface area contributed by atoms with Gasteiger partial charge in [-0.1, -0.05) is 0 Å². The van der Waals surface area contributed by atoms with Crippen LogP contribution in [0, 0.1) is 11.6 Å². The first-order valence-corrected chi connectivity index (χ1v) is 5.00. The minimum atomic E-state index is -0.664. The van der Waals surface area contributed by atoms with Crippen molar-refractivity contribution in [2.75, 3.05) is 12.3 Å². The number of anilines is 1. The third-order valence-electron chi connectivity index (χ3n) is 2.08. The summed E-state index contributed by atoms with van der Waals surface area (Å²) in [4.78, 5) is 0. The van der Waals surface area contributed by atoms with Crippen molar-refractivity contribution in [1.29, 1.82) is 0 Å². The van der Waals surface area contributed by atoms with Crippen LogP contribution in [0.2, 0.25) is 0 Å². The van der Waals surface area contributed by atoms with Gasteiger partial charge in [-0.3, -0.25) is 4.68 Å². The smallest absolute Gasteiger partial charge is 0.129 e. The summed E-state index contributed by atoms with van der Waals surface area (Å²) in [7, 11) is 0. The predicted octanol–water partition coefficient (Wildman–Crippen LogP) is 1.82. The maximum absolute atomic E-state index is 12.8. The summed E-state index contributed by atoms with van der Waals surface area (Å²) in [6.07, 6.45) is 3.16. The zero-order valence-electron chi connectivity index (χ0n) is 8.94. The van der Waals surface area contributed by atoms with E-state index >= 15 is 0 Å². The normalized spacial score (nSPS) is 10.5. The van der Waals surface area contributed by atoms with Gasteiger partial charge in [0.15, 0.2) is 0 Å². The molecule has 2 rings (SSSR count). The van der Waals surface area contributed by atoms with E-state index in [2.05, 4.69) is 5.10 Å². The molecule has 1 heterocycles. The van der Waals surface area contributed by atoms with Crippen molar-refractivity contribution in [1.82, 2.24) is 9.78 Å². The summed E-state index contributed by atoms with van der Waals surface area (Å²) in [5, 5.41) is 3.95. The summed E-state index contributed by atoms with van der Waals surface area (Å²) in [6, 6.07) is 3.04. The molecule has 0 saturated carbocycles. The zero-order valence-corrected chi connectivity index (χ0v) is 8.94. The Morgan fingerprint density at radius 3 is 2.53 bits per heavy atom. The predicted molar refractivity (Wildman–Crippen MR) is 58.5 cm³/mol. The van der Waals surface area contributed by atoms with Gasteiger partial charge in [0.25, 0.3) is 0 Å². The van der Waals surface area contributed by atoms with Crippen LogP contribution in [0.15, 0.2) is 30.6 Å². The molecular weight excluding hydrogens is 228 g/mol. The van der Waals surface area contributed by atoms with Crippen molar-refractivity contribution in [2.45, 2.75) is 6.54 Å². The standard InChI is InChI=1S/C11H11F2N3O/c12-8-3-9(13)5-11(4-8)17-2-1-16-7-10(14)6-15-16/h3-7H,1-2,14H2. The lowest BCUT2D eigenvalue weighted by atomic mass is 10.3. The molecule has 2 aromatic rings. The van der Waals surface area contributed by atoms with Crippen LogP contribution in [0.3, 0.4) is 0 Å². The molecule has 0 spiro atoms. The van der Waals surface area contributed by atoms with Gasteiger partial charge in [0.2, 0.25) is 0 Å². The average molecular weight is 239 g/mol. The number of hydrogen-bond donors (Lipinski definition) is 1. The molecule has 0 saturated heterocycles. The highest BCUT2D eigenvalue weighted by atomic mass is 19.1. The quantitative estimate of drug-likeness (QED) is 0.885. The second-order valence-corrected chi connectivity index (χ2v) is 3.49. The number of aromatic nitrogens is 2. The first-order chi connectivity index (χ1) is 8.13. The largest absolute Gasteiger partial charge is 0.491 e. The maximum Gasteiger partial charge on any atom is 0.129 e. The molecule has 6 heteroatoms. The van der Waals surface area contributed by atoms with Gasteiger partial charge >= 0.3 is 0 Å². The molecule has 4 nitrogen and oxygen atoms in total. The molecule has 1 aromatic heterocycles. The van der Waals surface area contributed by atoms with Crippen LogP contribution >= 0.6 is 0 Å². The van der Waals surface area contributed by atoms with Crippen molar-refractivity contribution >= 4 is 5.69 Å². The monoisotopic (exact) mass is 239 g/mol. The van der Waals surface area contributed by atoms with E-state index in [4.69, 9.17) is 10.5 Å². The molecule has 1 aromatic carbocycles. The van der Waals surface area contributed by atoms with Crippen LogP contribution in [0.4, 0.5) is 14.5 Å². The van der Waals surface area contributed by atoms with Gasteiger partial charge in [-0.25, -0.2) is 8.78 Å². The zero-order chi connectivity index (χ0) is 12.3. The Hall–Kier alpha value is -2.11. The SMILES string of the molecule is Nc1cnn(CCOc2cc(F)cc(F)c2)c1. The molecule has 0 radical (unpaired) electrons. The third kappa shape index (κ3) is 3.17. The number of nitrogens with two attached hydrogens (primary N) is 1. The van der Waals surface area contributed by atoms with Gasteiger partial charge in [-0.2, -0.15) is 5.10 Å². The average Bonchev–Trinajstić information content (AvgIpc) is 2.63. The minimum absolute atomic E-state index is 0.155. The maximum atomic E-state index is 12.8. The fourth-order valence-corrected chi connectivity index (χ4v) is 1.37. The van der Waals surface area contributed by atoms with Crippen molar-refractivity contribution in [3.05, 3.63) is 42.2 Å². The van der Waals surface area contributed by atoms with Crippen LogP contribution in [-0.4, -0.2) is 16.4 Å². The Labute approximate surface area is 96.6 Å². The molecule has 90 valence electrons. The summed E-state index contributed by atoms with van der Waals surface area (Å²) in [5.74, 6) is -1.17. The summed E-state index contributed by atoms with van der Waals surface area (Å²) in [6.45, 7) is 0.708. The Kier molecular flexibility index (Phi) is 3.22. The van der Waals surface area contributed by atoms with Crippen LogP contribution in [0.25, 0.3) is 0 Å². The van der Waals surface area contributed by atoms with Gasteiger partial charge in [-0.15, -0.1) is 0 Å². The second kappa shape index (κ2) is 4.82. The fourth-order valence-electron chi connectivity index (χ4n) is 1.37. The summed E-state index contributed by atoms with van der Waals surface area (Å²) < 4.78 is 32.4. The number of nitrogen functional groups attached to an aromatic ring is 1. The molecule has 0 fully saturated rings. The Morgan fingerprint density at radius 1 is 1.24 bits per heavy atom. The second-order valence-electron chi connectivity index (χ2n) is 3.49. The van der Waals surface area contributed by atoms with Gasteiger partial charge in [0.05, 0.1) is 18.4 Å². The summed E-state index contributed by atoms with van der Waals surface area (Å²) >= 11 is 0. The highest BCUT2D eigenvalue weighted by molar-refractivity contribution is 5.30. The third-order valence-corrected chi connectivity index (χ3v) is 2.08. The number of hydrogen-bond acceptors (Lipinski definition) is 3. The number of halogens is 2. The van der Waals surface area contributed by atoms with Crippen LogP contribution in [0.5, 0.6) is 5.75 Å². The van der Waals surface area contributed by atoms with Crippen LogP contribution in [-0.2, 0) is 6.54 Å². The molecule has 0 aliphatic rings. The molecule has 0 atom stereocenters. The van der Waals surface area contributed by atoms with E-state index in [9.17, 15) is 8.78 Å². The van der Waals surface area contributed by atoms with E-state index in [1.54, 1.807) is 10.9 Å². The fraction of sp³-hybridized carbons (Fsp3) is 0.182. The lowest BCUT2D eigenvalue weighted by Crippen LogP contribution is -2.08. The van der Waals surface area contributed by atoms with E-state index < -0.39 is 11.6 Å². The topological polar surface area (TPSA) is 53.1 Å². The number of nitrogens with zero attached hydrogens (tertiary/aromatic N) is 2. The molecule has 0 amide bonds. The van der Waals surface area contributed by atoms with E-state index in [-0.39, 0.29) is 12.4 Å². The lowest BCUT2D eigenvalue weighted by Gasteiger charge is -2.06. The van der Waals surface area contributed by atoms with E-state index in [1.807, 2.05) is 0 Å². The minimum Gasteiger partial charge on any atom is -0.491 e. The van der Waals surface area contributed by atoms with E-state index in [0.717, 1.165) is 18.2 Å². The highest BCUT2D eigenvalue weighted by Crippen LogP contribution is 2.15. The first kappa shape index (κ1) is 11.4. The van der Waals surface area contributed by atoms with Crippen molar-refractivity contribution in [3.63, 3.8) is 0 Å². The van der Waals surface area contributed by atoms with Crippen molar-refractivity contribution in [3.8, 4) is 5.75 Å². The Morgan fingerprint density at radius 2 is 1.94 bits per heavy atom. The highest BCUT2D eigenvalue weighted by Gasteiger charge is 2.01. The molecule has 0 aliphatic carbocycles. The molecule has 0 bridgehead atoms. The lowest BCUT2D eigenvalue weighted by molar-refractivity contribution is 0.288. The van der Waals surface area contributed by atoms with Crippen LogP contribution in [0.1, 0.15) is 0 Å². The van der Waals surface area contributed by atoms with Gasteiger partial charge in [0, 0.05) is 24.4 Å². The van der Waals surface area contributed by atoms with Gasteiger partial charge in [-0.05, 0) is 0 Å². The number of benzene rings is 1. The van der Waals surface area contributed by atoms with E-state index in [0.29, 0.717) is 12.2 Å². The molecule has 0 aliphatic heterocycles. The summed E-state index contributed by atoms with van der Waals surface area (Å²) in [5.41, 5.74) is 6.04. The Balaban J connectivity index is 1.89. The van der Waals surface area contributed by atoms with Gasteiger partial charge in [0.1, 0.15) is 24.0 Å². The van der Waals surface area contributed by atoms with Gasteiger partial charge < -0.3 is 10.5 Å². The molecule has 2 N–H and O–H groups in total. The first-order valence-electron chi connectivity index (χ1n) is 5.00.